The fourth-order valence-corrected chi connectivity index (χ4v) is 4.59. The average molecular weight is 483 g/mol. The highest BCUT2D eigenvalue weighted by atomic mass is 16.1. The van der Waals surface area contributed by atoms with Crippen LogP contribution in [-0.2, 0) is 13.6 Å². The number of aryl methyl sites for hydroxylation is 1. The van der Waals surface area contributed by atoms with Crippen LogP contribution in [0.15, 0.2) is 66.2 Å². The van der Waals surface area contributed by atoms with Crippen LogP contribution in [0.1, 0.15) is 6.42 Å². The third-order valence-corrected chi connectivity index (χ3v) is 6.34. The molecule has 11 nitrogen and oxygen atoms in total. The molecule has 4 aromatic heterocycles. The van der Waals surface area contributed by atoms with E-state index < -0.39 is 0 Å². The third-order valence-electron chi connectivity index (χ3n) is 6.34. The Hall–Kier alpha value is -4.51. The molecule has 1 aliphatic heterocycles. The van der Waals surface area contributed by atoms with Crippen molar-refractivity contribution in [3.05, 3.63) is 71.8 Å². The predicted molar refractivity (Wildman–Crippen MR) is 140 cm³/mol. The molecule has 0 aliphatic carbocycles. The normalized spacial score (nSPS) is 15.5. The third kappa shape index (κ3) is 3.89. The minimum absolute atomic E-state index is 0.201. The van der Waals surface area contributed by atoms with Gasteiger partial charge in [0.1, 0.15) is 11.2 Å². The van der Waals surface area contributed by atoms with E-state index in [-0.39, 0.29) is 5.56 Å². The number of nitrogens with one attached hydrogen (secondary N) is 3. The van der Waals surface area contributed by atoms with E-state index >= 15 is 0 Å². The SMILES string of the molecule is C=CCn1c(=O)c2cnc(Nc3ccc4c(cnn4C)c3)nc2n1-c1cccc(N[C@@H]2CCNC2)n1. The second-order valence-corrected chi connectivity index (χ2v) is 8.80. The maximum atomic E-state index is 13.2. The van der Waals surface area contributed by atoms with Crippen LogP contribution < -0.4 is 21.5 Å². The van der Waals surface area contributed by atoms with Gasteiger partial charge in [-0.3, -0.25) is 9.48 Å². The fourth-order valence-electron chi connectivity index (χ4n) is 4.59. The number of rotatable bonds is 7. The Morgan fingerprint density at radius 1 is 1.22 bits per heavy atom. The summed E-state index contributed by atoms with van der Waals surface area (Å²) in [6.07, 6.45) is 6.08. The van der Waals surface area contributed by atoms with Gasteiger partial charge in [-0.05, 0) is 43.3 Å². The molecule has 0 saturated carbocycles. The quantitative estimate of drug-likeness (QED) is 0.303. The molecule has 1 saturated heterocycles. The number of fused-ring (bicyclic) bond motifs is 2. The molecule has 1 aliphatic rings. The van der Waals surface area contributed by atoms with Crippen molar-refractivity contribution in [2.75, 3.05) is 23.7 Å². The lowest BCUT2D eigenvalue weighted by Crippen LogP contribution is -2.24. The maximum absolute atomic E-state index is 13.2. The van der Waals surface area contributed by atoms with Gasteiger partial charge >= 0.3 is 0 Å². The van der Waals surface area contributed by atoms with Gasteiger partial charge in [0.25, 0.3) is 5.56 Å². The molecule has 36 heavy (non-hydrogen) atoms. The smallest absolute Gasteiger partial charge is 0.278 e. The number of nitrogens with zero attached hydrogens (tertiary/aromatic N) is 7. The molecule has 0 unspecified atom stereocenters. The van der Waals surface area contributed by atoms with E-state index in [4.69, 9.17) is 9.97 Å². The number of hydrogen-bond donors (Lipinski definition) is 3. The summed E-state index contributed by atoms with van der Waals surface area (Å²) in [6.45, 7) is 6.01. The molecule has 0 amide bonds. The summed E-state index contributed by atoms with van der Waals surface area (Å²) in [5, 5.41) is 15.8. The van der Waals surface area contributed by atoms with Crippen LogP contribution in [0.25, 0.3) is 27.8 Å². The molecule has 3 N–H and O–H groups in total. The first-order chi connectivity index (χ1) is 17.6. The summed E-state index contributed by atoms with van der Waals surface area (Å²) in [7, 11) is 1.91. The number of benzene rings is 1. The molecule has 6 rings (SSSR count). The van der Waals surface area contributed by atoms with E-state index in [1.165, 1.54) is 0 Å². The van der Waals surface area contributed by atoms with E-state index in [9.17, 15) is 4.79 Å². The van der Waals surface area contributed by atoms with Crippen molar-refractivity contribution in [3.8, 4) is 5.82 Å². The van der Waals surface area contributed by atoms with Crippen molar-refractivity contribution in [2.24, 2.45) is 7.05 Å². The molecule has 1 fully saturated rings. The van der Waals surface area contributed by atoms with E-state index in [1.807, 2.05) is 54.3 Å². The topological polar surface area (TPSA) is 120 Å². The molecule has 0 bridgehead atoms. The minimum Gasteiger partial charge on any atom is -0.366 e. The Morgan fingerprint density at radius 2 is 2.14 bits per heavy atom. The number of aromatic nitrogens is 7. The second-order valence-electron chi connectivity index (χ2n) is 8.80. The summed E-state index contributed by atoms with van der Waals surface area (Å²) in [5.41, 5.74) is 2.12. The highest BCUT2D eigenvalue weighted by Gasteiger charge is 2.19. The molecule has 182 valence electrons. The Bertz CT molecular complexity index is 1640. The number of anilines is 3. The van der Waals surface area contributed by atoms with E-state index in [0.29, 0.717) is 35.4 Å². The monoisotopic (exact) mass is 482 g/mol. The zero-order chi connectivity index (χ0) is 24.6. The first-order valence-corrected chi connectivity index (χ1v) is 11.8. The van der Waals surface area contributed by atoms with Crippen LogP contribution in [0.3, 0.4) is 0 Å². The largest absolute Gasteiger partial charge is 0.366 e. The van der Waals surface area contributed by atoms with Gasteiger partial charge in [-0.15, -0.1) is 6.58 Å². The summed E-state index contributed by atoms with van der Waals surface area (Å²) < 4.78 is 5.12. The van der Waals surface area contributed by atoms with Gasteiger partial charge in [-0.25, -0.2) is 19.3 Å². The molecule has 1 aromatic carbocycles. The first kappa shape index (κ1) is 22.0. The summed E-state index contributed by atoms with van der Waals surface area (Å²) in [5.74, 6) is 1.71. The zero-order valence-corrected chi connectivity index (χ0v) is 19.8. The van der Waals surface area contributed by atoms with Crippen molar-refractivity contribution in [1.82, 2.24) is 39.4 Å². The van der Waals surface area contributed by atoms with Gasteiger partial charge in [0, 0.05) is 36.9 Å². The molecule has 1 atom stereocenters. The average Bonchev–Trinajstić information content (AvgIpc) is 3.59. The van der Waals surface area contributed by atoms with Gasteiger partial charge < -0.3 is 16.0 Å². The van der Waals surface area contributed by atoms with Crippen molar-refractivity contribution >= 4 is 39.4 Å². The lowest BCUT2D eigenvalue weighted by molar-refractivity contribution is 0.597. The van der Waals surface area contributed by atoms with Crippen molar-refractivity contribution in [1.29, 1.82) is 0 Å². The Balaban J connectivity index is 1.42. The van der Waals surface area contributed by atoms with Crippen molar-refractivity contribution in [3.63, 3.8) is 0 Å². The summed E-state index contributed by atoms with van der Waals surface area (Å²) in [4.78, 5) is 27.2. The van der Waals surface area contributed by atoms with Gasteiger partial charge in [-0.1, -0.05) is 12.1 Å². The molecular weight excluding hydrogens is 456 g/mol. The van der Waals surface area contributed by atoms with Crippen LogP contribution >= 0.6 is 0 Å². The highest BCUT2D eigenvalue weighted by molar-refractivity contribution is 5.83. The number of pyridine rings is 1. The summed E-state index contributed by atoms with van der Waals surface area (Å²) >= 11 is 0. The van der Waals surface area contributed by atoms with Crippen molar-refractivity contribution in [2.45, 2.75) is 19.0 Å². The van der Waals surface area contributed by atoms with Gasteiger partial charge in [-0.2, -0.15) is 10.1 Å². The van der Waals surface area contributed by atoms with Crippen LogP contribution in [0.2, 0.25) is 0 Å². The molecule has 11 heteroatoms. The predicted octanol–water partition coefficient (Wildman–Crippen LogP) is 2.57. The second kappa shape index (κ2) is 8.93. The zero-order valence-electron chi connectivity index (χ0n) is 19.8. The minimum atomic E-state index is -0.201. The first-order valence-electron chi connectivity index (χ1n) is 11.8. The summed E-state index contributed by atoms with van der Waals surface area (Å²) in [6, 6.07) is 12.0. The maximum Gasteiger partial charge on any atom is 0.278 e. The van der Waals surface area contributed by atoms with E-state index in [2.05, 4.69) is 32.6 Å². The number of allylic oxidation sites excluding steroid dienone is 1. The Kier molecular flexibility index (Phi) is 5.45. The molecule has 5 aromatic rings. The van der Waals surface area contributed by atoms with Crippen LogP contribution in [0.5, 0.6) is 0 Å². The van der Waals surface area contributed by atoms with Crippen LogP contribution in [0.4, 0.5) is 17.5 Å². The van der Waals surface area contributed by atoms with Gasteiger partial charge in [0.05, 0.1) is 18.3 Å². The fraction of sp³-hybridized carbons (Fsp3) is 0.240. The number of hydrogen-bond acceptors (Lipinski definition) is 8. The Labute approximate surface area is 206 Å². The molecular formula is C25H26N10O. The van der Waals surface area contributed by atoms with Crippen molar-refractivity contribution < 1.29 is 0 Å². The molecule has 0 radical (unpaired) electrons. The standard InChI is InChI=1S/C25H26N10O/c1-3-11-34-24(36)19-15-27-25(30-17-7-8-20-16(12-17)13-28-33(20)2)32-23(19)35(34)22-6-4-5-21(31-22)29-18-9-10-26-14-18/h3-8,12-13,15,18,26H,1,9-11,14H2,2H3,(H,29,31)(H,27,30,32)/t18-/m1/s1. The molecule has 5 heterocycles. The lowest BCUT2D eigenvalue weighted by Gasteiger charge is -2.15. The van der Waals surface area contributed by atoms with E-state index in [0.717, 1.165) is 41.9 Å². The Morgan fingerprint density at radius 3 is 2.97 bits per heavy atom. The van der Waals surface area contributed by atoms with E-state index in [1.54, 1.807) is 21.6 Å². The lowest BCUT2D eigenvalue weighted by atomic mass is 10.2. The van der Waals surface area contributed by atoms with Gasteiger partial charge in [0.2, 0.25) is 5.95 Å². The van der Waals surface area contributed by atoms with Crippen LogP contribution in [-0.4, -0.2) is 53.2 Å². The highest BCUT2D eigenvalue weighted by Crippen LogP contribution is 2.22. The van der Waals surface area contributed by atoms with Crippen LogP contribution in [0, 0.1) is 0 Å². The van der Waals surface area contributed by atoms with Gasteiger partial charge in [0.15, 0.2) is 11.5 Å². The molecule has 0 spiro atoms.